The monoisotopic (exact) mass is 281 g/mol. The van der Waals surface area contributed by atoms with Gasteiger partial charge in [0.2, 0.25) is 0 Å². The summed E-state index contributed by atoms with van der Waals surface area (Å²) in [6.07, 6.45) is 1.81. The standard InChI is InChI=1S/C21H15N/c1-14-6-3-9-17-15(2)21(22-13-12-14)19-11-5-8-16-7-4-10-18(17)20(16)19/h3-13H,1-2H2. The highest BCUT2D eigenvalue weighted by Gasteiger charge is 2.07. The van der Waals surface area contributed by atoms with Crippen LogP contribution in [0.1, 0.15) is 0 Å². The number of hydrogen-bond acceptors (Lipinski definition) is 1. The highest BCUT2D eigenvalue weighted by atomic mass is 14.6. The zero-order valence-electron chi connectivity index (χ0n) is 12.2. The van der Waals surface area contributed by atoms with Gasteiger partial charge in [-0.15, -0.1) is 0 Å². The zero-order valence-corrected chi connectivity index (χ0v) is 12.2. The Morgan fingerprint density at radius 2 is 1.36 bits per heavy atom. The van der Waals surface area contributed by atoms with Crippen LogP contribution in [0.25, 0.3) is 45.6 Å². The molecule has 0 unspecified atom stereocenters. The molecule has 0 aliphatic rings. The molecule has 0 N–H and O–H groups in total. The van der Waals surface area contributed by atoms with Gasteiger partial charge >= 0.3 is 0 Å². The van der Waals surface area contributed by atoms with E-state index in [-0.39, 0.29) is 0 Å². The van der Waals surface area contributed by atoms with E-state index >= 15 is 0 Å². The minimum atomic E-state index is 0.929. The predicted octanol–water partition coefficient (Wildman–Crippen LogP) is 3.92. The van der Waals surface area contributed by atoms with Crippen molar-refractivity contribution in [3.63, 3.8) is 0 Å². The lowest BCUT2D eigenvalue weighted by atomic mass is 9.96. The summed E-state index contributed by atoms with van der Waals surface area (Å²) in [7, 11) is 0. The third kappa shape index (κ3) is 1.83. The molecule has 4 rings (SSSR count). The van der Waals surface area contributed by atoms with Gasteiger partial charge in [0, 0.05) is 16.8 Å². The number of rotatable bonds is 0. The molecule has 0 spiro atoms. The van der Waals surface area contributed by atoms with Gasteiger partial charge in [0.1, 0.15) is 0 Å². The van der Waals surface area contributed by atoms with Gasteiger partial charge < -0.3 is 0 Å². The maximum absolute atomic E-state index is 4.66. The second-order valence-electron chi connectivity index (χ2n) is 5.50. The van der Waals surface area contributed by atoms with Gasteiger partial charge in [-0.05, 0) is 32.8 Å². The molecule has 1 heterocycles. The fourth-order valence-corrected chi connectivity index (χ4v) is 3.08. The largest absolute Gasteiger partial charge is 0.256 e. The lowest BCUT2D eigenvalue weighted by Gasteiger charge is -2.08. The van der Waals surface area contributed by atoms with Crippen molar-refractivity contribution >= 4 is 45.6 Å². The first-order valence-corrected chi connectivity index (χ1v) is 7.29. The van der Waals surface area contributed by atoms with Crippen molar-refractivity contribution in [3.8, 4) is 0 Å². The predicted molar refractivity (Wildman–Crippen MR) is 95.9 cm³/mol. The van der Waals surface area contributed by atoms with Crippen molar-refractivity contribution in [2.45, 2.75) is 0 Å². The molecule has 104 valence electrons. The molecule has 22 heavy (non-hydrogen) atoms. The third-order valence-corrected chi connectivity index (χ3v) is 4.13. The van der Waals surface area contributed by atoms with Crippen molar-refractivity contribution in [2.24, 2.45) is 0 Å². The van der Waals surface area contributed by atoms with Gasteiger partial charge in [0.15, 0.2) is 0 Å². The Balaban J connectivity index is 2.45. The number of hydrogen-bond donors (Lipinski definition) is 0. The molecule has 3 aromatic carbocycles. The number of nitrogens with zero attached hydrogens (tertiary/aromatic N) is 1. The van der Waals surface area contributed by atoms with Crippen LogP contribution in [0.3, 0.4) is 0 Å². The van der Waals surface area contributed by atoms with Crippen molar-refractivity contribution in [1.82, 2.24) is 4.98 Å². The van der Waals surface area contributed by atoms with Crippen LogP contribution in [0.2, 0.25) is 0 Å². The number of benzene rings is 3. The molecule has 0 amide bonds. The molecule has 1 heteroatoms. The molecule has 1 aromatic heterocycles. The highest BCUT2D eigenvalue weighted by molar-refractivity contribution is 6.21. The SMILES string of the molecule is C=c1cccc2c(=C)c(ncc1)c1cccc3cccc2c31. The maximum Gasteiger partial charge on any atom is 0.0780 e. The summed E-state index contributed by atoms with van der Waals surface area (Å²) < 4.78 is 0. The Kier molecular flexibility index (Phi) is 2.80. The van der Waals surface area contributed by atoms with E-state index < -0.39 is 0 Å². The number of fused-ring (bicyclic) bond motifs is 4. The average molecular weight is 281 g/mol. The molecule has 0 saturated heterocycles. The number of aromatic nitrogens is 1. The second kappa shape index (κ2) is 4.81. The lowest BCUT2D eigenvalue weighted by molar-refractivity contribution is 1.41. The van der Waals surface area contributed by atoms with Crippen LogP contribution < -0.4 is 10.4 Å². The molecule has 0 radical (unpaired) electrons. The first-order chi connectivity index (χ1) is 10.8. The first kappa shape index (κ1) is 12.8. The Hall–Kier alpha value is -2.93. The Morgan fingerprint density at radius 1 is 0.682 bits per heavy atom. The van der Waals surface area contributed by atoms with E-state index in [4.69, 9.17) is 0 Å². The van der Waals surface area contributed by atoms with Gasteiger partial charge in [0.25, 0.3) is 0 Å². The van der Waals surface area contributed by atoms with E-state index in [1.54, 1.807) is 0 Å². The summed E-state index contributed by atoms with van der Waals surface area (Å²) in [6.45, 7) is 8.28. The summed E-state index contributed by atoms with van der Waals surface area (Å²) >= 11 is 0. The van der Waals surface area contributed by atoms with Crippen molar-refractivity contribution in [2.75, 3.05) is 0 Å². The fourth-order valence-electron chi connectivity index (χ4n) is 3.08. The normalized spacial score (nSPS) is 11.1. The van der Waals surface area contributed by atoms with E-state index in [0.717, 1.165) is 26.7 Å². The maximum atomic E-state index is 4.66. The smallest absolute Gasteiger partial charge is 0.0780 e. The summed E-state index contributed by atoms with van der Waals surface area (Å²) in [4.78, 5) is 4.66. The van der Waals surface area contributed by atoms with Crippen LogP contribution in [0.15, 0.2) is 66.9 Å². The topological polar surface area (TPSA) is 12.9 Å². The molecule has 0 saturated carbocycles. The Bertz CT molecular complexity index is 1070. The Labute approximate surface area is 128 Å². The van der Waals surface area contributed by atoms with Crippen molar-refractivity contribution in [1.29, 1.82) is 0 Å². The summed E-state index contributed by atoms with van der Waals surface area (Å²) in [5, 5.41) is 7.87. The molecule has 0 aliphatic heterocycles. The lowest BCUT2D eigenvalue weighted by Crippen LogP contribution is -2.04. The minimum Gasteiger partial charge on any atom is -0.256 e. The van der Waals surface area contributed by atoms with E-state index in [9.17, 15) is 0 Å². The molecule has 0 aliphatic carbocycles. The van der Waals surface area contributed by atoms with Gasteiger partial charge in [-0.3, -0.25) is 4.98 Å². The van der Waals surface area contributed by atoms with Crippen molar-refractivity contribution < 1.29 is 0 Å². The van der Waals surface area contributed by atoms with Gasteiger partial charge in [-0.2, -0.15) is 0 Å². The van der Waals surface area contributed by atoms with E-state index in [2.05, 4.69) is 60.6 Å². The first-order valence-electron chi connectivity index (χ1n) is 7.29. The molecule has 1 nitrogen and oxygen atoms in total. The van der Waals surface area contributed by atoms with Gasteiger partial charge in [-0.25, -0.2) is 0 Å². The van der Waals surface area contributed by atoms with Crippen LogP contribution in [0, 0.1) is 0 Å². The van der Waals surface area contributed by atoms with Gasteiger partial charge in [0.05, 0.1) is 5.52 Å². The van der Waals surface area contributed by atoms with E-state index in [1.165, 1.54) is 16.2 Å². The molecule has 4 aromatic rings. The van der Waals surface area contributed by atoms with Crippen LogP contribution in [0.4, 0.5) is 0 Å². The molecular weight excluding hydrogens is 266 g/mol. The summed E-state index contributed by atoms with van der Waals surface area (Å²) in [6, 6.07) is 20.8. The second-order valence-corrected chi connectivity index (χ2v) is 5.50. The molecule has 0 fully saturated rings. The molecule has 2 bridgehead atoms. The van der Waals surface area contributed by atoms with E-state index in [0.29, 0.717) is 0 Å². The third-order valence-electron chi connectivity index (χ3n) is 4.13. The fraction of sp³-hybridized carbons (Fsp3) is 0. The van der Waals surface area contributed by atoms with Crippen LogP contribution in [-0.4, -0.2) is 4.98 Å². The minimum absolute atomic E-state index is 0.929. The average Bonchev–Trinajstić information content (AvgIpc) is 2.53. The van der Waals surface area contributed by atoms with Crippen LogP contribution in [-0.2, 0) is 0 Å². The quantitative estimate of drug-likeness (QED) is 0.476. The highest BCUT2D eigenvalue weighted by Crippen LogP contribution is 2.29. The zero-order chi connectivity index (χ0) is 15.1. The van der Waals surface area contributed by atoms with Crippen LogP contribution in [0.5, 0.6) is 0 Å². The molecule has 0 atom stereocenters. The van der Waals surface area contributed by atoms with Gasteiger partial charge in [-0.1, -0.05) is 67.8 Å². The summed E-state index contributed by atoms with van der Waals surface area (Å²) in [5.41, 5.74) is 0.940. The van der Waals surface area contributed by atoms with E-state index in [1.807, 2.05) is 24.4 Å². The summed E-state index contributed by atoms with van der Waals surface area (Å²) in [5.74, 6) is 0. The molecular formula is C21H15N. The Morgan fingerprint density at radius 3 is 2.18 bits per heavy atom. The van der Waals surface area contributed by atoms with Crippen molar-refractivity contribution in [3.05, 3.63) is 77.3 Å². The van der Waals surface area contributed by atoms with Crippen LogP contribution >= 0.6 is 0 Å².